The lowest BCUT2D eigenvalue weighted by Gasteiger charge is -1.94. The molecule has 1 heterocycles. The second-order valence-corrected chi connectivity index (χ2v) is 3.68. The van der Waals surface area contributed by atoms with Gasteiger partial charge in [0.1, 0.15) is 0 Å². The van der Waals surface area contributed by atoms with Crippen LogP contribution >= 0.6 is 15.9 Å². The molecule has 0 aliphatic rings. The van der Waals surface area contributed by atoms with Gasteiger partial charge in [-0.3, -0.25) is 10.1 Å². The maximum atomic E-state index is 10.6. The van der Waals surface area contributed by atoms with E-state index in [2.05, 4.69) is 21.1 Å². The van der Waals surface area contributed by atoms with Crippen LogP contribution in [0.3, 0.4) is 0 Å². The predicted molar refractivity (Wildman–Crippen MR) is 61.2 cm³/mol. The molecule has 0 N–H and O–H groups in total. The predicted octanol–water partition coefficient (Wildman–Crippen LogP) is 3.14. The molecule has 0 unspecified atom stereocenters. The standard InChI is InChI=1S/C10H7BrN2O3/c11-6-8-5-10(16-12-8)7-2-1-3-9(4-7)13(14)15/h1-5H,6H2. The van der Waals surface area contributed by atoms with Crippen LogP contribution < -0.4 is 0 Å². The lowest BCUT2D eigenvalue weighted by atomic mass is 10.1. The molecule has 1 aromatic carbocycles. The van der Waals surface area contributed by atoms with Crippen LogP contribution in [0.4, 0.5) is 5.69 Å². The van der Waals surface area contributed by atoms with Crippen molar-refractivity contribution in [2.75, 3.05) is 0 Å². The van der Waals surface area contributed by atoms with Crippen LogP contribution in [0.1, 0.15) is 5.69 Å². The zero-order valence-electron chi connectivity index (χ0n) is 8.09. The SMILES string of the molecule is O=[N+]([O-])c1cccc(-c2cc(CBr)no2)c1. The lowest BCUT2D eigenvalue weighted by Crippen LogP contribution is -1.87. The molecule has 16 heavy (non-hydrogen) atoms. The monoisotopic (exact) mass is 282 g/mol. The second-order valence-electron chi connectivity index (χ2n) is 3.12. The molecule has 1 aromatic heterocycles. The fourth-order valence-corrected chi connectivity index (χ4v) is 1.55. The summed E-state index contributed by atoms with van der Waals surface area (Å²) in [6, 6.07) is 7.99. The highest BCUT2D eigenvalue weighted by Gasteiger charge is 2.10. The van der Waals surface area contributed by atoms with Gasteiger partial charge < -0.3 is 4.52 Å². The molecule has 2 aromatic rings. The molecule has 0 amide bonds. The van der Waals surface area contributed by atoms with Crippen LogP contribution in [-0.2, 0) is 5.33 Å². The molecular weight excluding hydrogens is 276 g/mol. The molecule has 0 aliphatic heterocycles. The first-order chi connectivity index (χ1) is 7.70. The van der Waals surface area contributed by atoms with Crippen LogP contribution in [0.25, 0.3) is 11.3 Å². The Morgan fingerprint density at radius 3 is 2.88 bits per heavy atom. The first kappa shape index (κ1) is 10.8. The highest BCUT2D eigenvalue weighted by Crippen LogP contribution is 2.24. The van der Waals surface area contributed by atoms with Gasteiger partial charge in [0.2, 0.25) is 0 Å². The van der Waals surface area contributed by atoms with Crippen molar-refractivity contribution in [2.24, 2.45) is 0 Å². The Morgan fingerprint density at radius 1 is 1.44 bits per heavy atom. The third kappa shape index (κ3) is 2.11. The van der Waals surface area contributed by atoms with Crippen LogP contribution in [0.15, 0.2) is 34.9 Å². The number of nitro benzene ring substituents is 1. The van der Waals surface area contributed by atoms with Crippen molar-refractivity contribution in [1.82, 2.24) is 5.16 Å². The highest BCUT2D eigenvalue weighted by atomic mass is 79.9. The molecule has 6 heteroatoms. The largest absolute Gasteiger partial charge is 0.356 e. The molecule has 82 valence electrons. The molecule has 2 rings (SSSR count). The first-order valence-electron chi connectivity index (χ1n) is 4.47. The van der Waals surface area contributed by atoms with Gasteiger partial charge in [0.05, 0.1) is 10.6 Å². The fraction of sp³-hybridized carbons (Fsp3) is 0.100. The van der Waals surface area contributed by atoms with E-state index in [-0.39, 0.29) is 5.69 Å². The Labute approximate surface area is 99.3 Å². The van der Waals surface area contributed by atoms with Gasteiger partial charge in [0.15, 0.2) is 5.76 Å². The van der Waals surface area contributed by atoms with Gasteiger partial charge in [0, 0.05) is 29.1 Å². The minimum atomic E-state index is -0.439. The van der Waals surface area contributed by atoms with Crippen LogP contribution in [0.2, 0.25) is 0 Å². The number of alkyl halides is 1. The summed E-state index contributed by atoms with van der Waals surface area (Å²) in [5.74, 6) is 0.526. The van der Waals surface area contributed by atoms with E-state index in [0.29, 0.717) is 16.7 Å². The lowest BCUT2D eigenvalue weighted by molar-refractivity contribution is -0.384. The fourth-order valence-electron chi connectivity index (χ4n) is 1.28. The summed E-state index contributed by atoms with van der Waals surface area (Å²) in [5, 5.41) is 15.0. The van der Waals surface area contributed by atoms with Gasteiger partial charge >= 0.3 is 0 Å². The van der Waals surface area contributed by atoms with E-state index >= 15 is 0 Å². The van der Waals surface area contributed by atoms with Gasteiger partial charge in [0.25, 0.3) is 5.69 Å². The van der Waals surface area contributed by atoms with Crippen molar-refractivity contribution in [3.05, 3.63) is 46.1 Å². The summed E-state index contributed by atoms with van der Waals surface area (Å²) < 4.78 is 5.07. The normalized spacial score (nSPS) is 10.3. The third-order valence-corrected chi connectivity index (χ3v) is 2.61. The summed E-state index contributed by atoms with van der Waals surface area (Å²) in [4.78, 5) is 10.2. The summed E-state index contributed by atoms with van der Waals surface area (Å²) in [7, 11) is 0. The van der Waals surface area contributed by atoms with Crippen molar-refractivity contribution in [3.63, 3.8) is 0 Å². The van der Waals surface area contributed by atoms with Gasteiger partial charge in [-0.15, -0.1) is 0 Å². The molecule has 0 fully saturated rings. The summed E-state index contributed by atoms with van der Waals surface area (Å²) in [5.41, 5.74) is 1.43. The average molecular weight is 283 g/mol. The Kier molecular flexibility index (Phi) is 3.00. The summed E-state index contributed by atoms with van der Waals surface area (Å²) in [6.45, 7) is 0. The van der Waals surface area contributed by atoms with Crippen molar-refractivity contribution < 1.29 is 9.45 Å². The van der Waals surface area contributed by atoms with Gasteiger partial charge in [-0.2, -0.15) is 0 Å². The number of aromatic nitrogens is 1. The van der Waals surface area contributed by atoms with Crippen molar-refractivity contribution >= 4 is 21.6 Å². The van der Waals surface area contributed by atoms with E-state index in [4.69, 9.17) is 4.52 Å². The molecule has 0 atom stereocenters. The maximum Gasteiger partial charge on any atom is 0.270 e. The minimum Gasteiger partial charge on any atom is -0.356 e. The Morgan fingerprint density at radius 2 is 2.25 bits per heavy atom. The molecule has 0 aliphatic carbocycles. The van der Waals surface area contributed by atoms with Gasteiger partial charge in [-0.05, 0) is 0 Å². The van der Waals surface area contributed by atoms with E-state index in [9.17, 15) is 10.1 Å². The highest BCUT2D eigenvalue weighted by molar-refractivity contribution is 9.08. The Balaban J connectivity index is 2.40. The van der Waals surface area contributed by atoms with Crippen molar-refractivity contribution in [3.8, 4) is 11.3 Å². The first-order valence-corrected chi connectivity index (χ1v) is 5.59. The minimum absolute atomic E-state index is 0.0364. The smallest absolute Gasteiger partial charge is 0.270 e. The van der Waals surface area contributed by atoms with E-state index in [1.165, 1.54) is 12.1 Å². The summed E-state index contributed by atoms with van der Waals surface area (Å²) >= 11 is 3.25. The number of hydrogen-bond acceptors (Lipinski definition) is 4. The van der Waals surface area contributed by atoms with Gasteiger partial charge in [-0.25, -0.2) is 0 Å². The molecule has 0 bridgehead atoms. The molecule has 0 saturated heterocycles. The number of nitro groups is 1. The zero-order valence-corrected chi connectivity index (χ0v) is 9.68. The zero-order chi connectivity index (χ0) is 11.5. The number of rotatable bonds is 3. The quantitative estimate of drug-likeness (QED) is 0.493. The van der Waals surface area contributed by atoms with Crippen LogP contribution in [0.5, 0.6) is 0 Å². The number of nitrogens with zero attached hydrogens (tertiary/aromatic N) is 2. The molecule has 0 radical (unpaired) electrons. The summed E-state index contributed by atoms with van der Waals surface area (Å²) in [6.07, 6.45) is 0. The topological polar surface area (TPSA) is 69.2 Å². The van der Waals surface area contributed by atoms with Gasteiger partial charge in [-0.1, -0.05) is 33.2 Å². The number of non-ortho nitro benzene ring substituents is 1. The Bertz CT molecular complexity index is 524. The average Bonchev–Trinajstić information content (AvgIpc) is 2.77. The molecule has 0 spiro atoms. The second kappa shape index (κ2) is 4.44. The van der Waals surface area contributed by atoms with E-state index in [0.717, 1.165) is 5.69 Å². The number of halogens is 1. The third-order valence-electron chi connectivity index (χ3n) is 2.04. The van der Waals surface area contributed by atoms with Crippen LogP contribution in [-0.4, -0.2) is 10.1 Å². The van der Waals surface area contributed by atoms with E-state index in [1.54, 1.807) is 18.2 Å². The van der Waals surface area contributed by atoms with Crippen molar-refractivity contribution in [2.45, 2.75) is 5.33 Å². The van der Waals surface area contributed by atoms with Crippen molar-refractivity contribution in [1.29, 1.82) is 0 Å². The molecule has 5 nitrogen and oxygen atoms in total. The van der Waals surface area contributed by atoms with Crippen LogP contribution in [0, 0.1) is 10.1 Å². The van der Waals surface area contributed by atoms with E-state index < -0.39 is 4.92 Å². The maximum absolute atomic E-state index is 10.6. The van der Waals surface area contributed by atoms with E-state index in [1.807, 2.05) is 0 Å². The Hall–Kier alpha value is -1.69. The molecule has 0 saturated carbocycles. The number of hydrogen-bond donors (Lipinski definition) is 0. The number of benzene rings is 1. The molecular formula is C10H7BrN2O3.